The van der Waals surface area contributed by atoms with Gasteiger partial charge in [0, 0.05) is 30.8 Å². The van der Waals surface area contributed by atoms with E-state index in [9.17, 15) is 9.59 Å². The van der Waals surface area contributed by atoms with Gasteiger partial charge in [0.2, 0.25) is 11.8 Å². The predicted octanol–water partition coefficient (Wildman–Crippen LogP) is 0.578. The van der Waals surface area contributed by atoms with Gasteiger partial charge >= 0.3 is 0 Å². The normalized spacial score (nSPS) is 11.1. The van der Waals surface area contributed by atoms with E-state index in [4.69, 9.17) is 0 Å². The lowest BCUT2D eigenvalue weighted by atomic mass is 9.96. The van der Waals surface area contributed by atoms with Crippen LogP contribution in [0.4, 0.5) is 0 Å². The molecule has 1 aromatic heterocycles. The Balaban J connectivity index is 2.16. The van der Waals surface area contributed by atoms with Crippen molar-refractivity contribution in [3.05, 3.63) is 18.2 Å². The van der Waals surface area contributed by atoms with Crippen LogP contribution >= 0.6 is 0 Å². The maximum Gasteiger partial charge on any atom is 0.225 e. The number of imidazole rings is 1. The Labute approximate surface area is 107 Å². The van der Waals surface area contributed by atoms with Gasteiger partial charge < -0.3 is 15.6 Å². The summed E-state index contributed by atoms with van der Waals surface area (Å²) in [6.07, 6.45) is 3.60. The molecule has 0 saturated heterocycles. The second kappa shape index (κ2) is 6.18. The summed E-state index contributed by atoms with van der Waals surface area (Å²) in [5, 5.41) is 5.44. The molecule has 3 N–H and O–H groups in total. The number of amides is 2. The average Bonchev–Trinajstić information content (AvgIpc) is 2.77. The zero-order valence-corrected chi connectivity index (χ0v) is 11.0. The van der Waals surface area contributed by atoms with E-state index >= 15 is 0 Å². The van der Waals surface area contributed by atoms with Crippen LogP contribution in [-0.2, 0) is 16.1 Å². The maximum atomic E-state index is 11.5. The van der Waals surface area contributed by atoms with Gasteiger partial charge in [0.1, 0.15) is 5.82 Å². The zero-order valence-electron chi connectivity index (χ0n) is 11.0. The molecule has 0 spiro atoms. The molecule has 100 valence electrons. The summed E-state index contributed by atoms with van der Waals surface area (Å²) in [6.45, 7) is 6.22. The van der Waals surface area contributed by atoms with Gasteiger partial charge in [-0.15, -0.1) is 0 Å². The first-order valence-corrected chi connectivity index (χ1v) is 5.93. The molecule has 18 heavy (non-hydrogen) atoms. The molecule has 1 heterocycles. The van der Waals surface area contributed by atoms with Crippen LogP contribution in [0, 0.1) is 5.41 Å². The quantitative estimate of drug-likeness (QED) is 0.716. The molecule has 1 rings (SSSR count). The molecule has 0 aliphatic rings. The van der Waals surface area contributed by atoms with Gasteiger partial charge in [0.15, 0.2) is 0 Å². The molecule has 1 aromatic rings. The van der Waals surface area contributed by atoms with E-state index in [1.54, 1.807) is 12.4 Å². The second-order valence-corrected chi connectivity index (χ2v) is 5.07. The minimum atomic E-state index is -0.426. The van der Waals surface area contributed by atoms with E-state index in [1.165, 1.54) is 0 Å². The minimum absolute atomic E-state index is 0.0543. The number of aromatic nitrogens is 2. The van der Waals surface area contributed by atoms with Crippen LogP contribution in [0.15, 0.2) is 12.4 Å². The van der Waals surface area contributed by atoms with Crippen LogP contribution < -0.4 is 10.6 Å². The van der Waals surface area contributed by atoms with Gasteiger partial charge in [0.05, 0.1) is 6.54 Å². The first kappa shape index (κ1) is 14.2. The summed E-state index contributed by atoms with van der Waals surface area (Å²) in [4.78, 5) is 29.9. The van der Waals surface area contributed by atoms with Gasteiger partial charge in [-0.1, -0.05) is 20.8 Å². The van der Waals surface area contributed by atoms with Gasteiger partial charge in [0.25, 0.3) is 0 Å². The minimum Gasteiger partial charge on any atom is -0.355 e. The Morgan fingerprint density at radius 1 is 1.33 bits per heavy atom. The molecule has 0 aliphatic carbocycles. The van der Waals surface area contributed by atoms with Crippen molar-refractivity contribution in [2.45, 2.75) is 33.7 Å². The van der Waals surface area contributed by atoms with Gasteiger partial charge in [-0.2, -0.15) is 0 Å². The first-order chi connectivity index (χ1) is 8.39. The highest BCUT2D eigenvalue weighted by atomic mass is 16.2. The Morgan fingerprint density at radius 2 is 2.06 bits per heavy atom. The van der Waals surface area contributed by atoms with E-state index < -0.39 is 5.41 Å². The summed E-state index contributed by atoms with van der Waals surface area (Å²) in [5.74, 6) is 0.545. The fraction of sp³-hybridized carbons (Fsp3) is 0.583. The van der Waals surface area contributed by atoms with E-state index in [1.807, 2.05) is 20.8 Å². The smallest absolute Gasteiger partial charge is 0.225 e. The van der Waals surface area contributed by atoms with Gasteiger partial charge in [-0.3, -0.25) is 9.59 Å². The van der Waals surface area contributed by atoms with E-state index in [0.717, 1.165) is 0 Å². The maximum absolute atomic E-state index is 11.5. The molecule has 0 atom stereocenters. The summed E-state index contributed by atoms with van der Waals surface area (Å²) in [5.41, 5.74) is -0.426. The fourth-order valence-corrected chi connectivity index (χ4v) is 1.22. The molecule has 0 bridgehead atoms. The average molecular weight is 252 g/mol. The summed E-state index contributed by atoms with van der Waals surface area (Å²) >= 11 is 0. The first-order valence-electron chi connectivity index (χ1n) is 5.93. The van der Waals surface area contributed by atoms with Crippen molar-refractivity contribution in [3.8, 4) is 0 Å². The Morgan fingerprint density at radius 3 is 2.61 bits per heavy atom. The third kappa shape index (κ3) is 4.99. The molecular weight excluding hydrogens is 232 g/mol. The van der Waals surface area contributed by atoms with Crippen molar-refractivity contribution in [2.75, 3.05) is 6.54 Å². The molecule has 0 aromatic carbocycles. The zero-order chi connectivity index (χ0) is 13.6. The van der Waals surface area contributed by atoms with E-state index in [0.29, 0.717) is 18.9 Å². The summed E-state index contributed by atoms with van der Waals surface area (Å²) < 4.78 is 0. The number of carbonyl (C=O) groups excluding carboxylic acids is 2. The molecular formula is C12H20N4O2. The van der Waals surface area contributed by atoms with Gasteiger partial charge in [-0.25, -0.2) is 4.98 Å². The lowest BCUT2D eigenvalue weighted by Crippen LogP contribution is -2.37. The summed E-state index contributed by atoms with van der Waals surface area (Å²) in [7, 11) is 0. The van der Waals surface area contributed by atoms with Crippen LogP contribution in [-0.4, -0.2) is 28.3 Å². The monoisotopic (exact) mass is 252 g/mol. The van der Waals surface area contributed by atoms with Crippen LogP contribution in [0.3, 0.4) is 0 Å². The number of nitrogens with zero attached hydrogens (tertiary/aromatic N) is 1. The highest BCUT2D eigenvalue weighted by molar-refractivity contribution is 5.82. The number of nitrogens with one attached hydrogen (secondary N) is 3. The molecule has 6 heteroatoms. The van der Waals surface area contributed by atoms with Crippen molar-refractivity contribution >= 4 is 11.8 Å². The van der Waals surface area contributed by atoms with Crippen LogP contribution in [0.1, 0.15) is 33.0 Å². The predicted molar refractivity (Wildman–Crippen MR) is 67.5 cm³/mol. The van der Waals surface area contributed by atoms with Crippen LogP contribution in [0.2, 0.25) is 0 Å². The van der Waals surface area contributed by atoms with Crippen molar-refractivity contribution in [1.82, 2.24) is 20.6 Å². The molecule has 2 amide bonds. The van der Waals surface area contributed by atoms with E-state index in [-0.39, 0.29) is 18.2 Å². The number of aromatic amines is 1. The molecule has 0 unspecified atom stereocenters. The standard InChI is InChI=1S/C12H20N4O2/c1-12(2,3)11(18)15-5-4-10(17)16-8-9-13-6-7-14-9/h6-7H,4-5,8H2,1-3H3,(H,13,14)(H,15,18)(H,16,17). The van der Waals surface area contributed by atoms with Crippen molar-refractivity contribution < 1.29 is 9.59 Å². The number of hydrogen-bond acceptors (Lipinski definition) is 3. The number of H-pyrrole nitrogens is 1. The molecule has 0 radical (unpaired) electrons. The molecule has 0 aliphatic heterocycles. The number of carbonyl (C=O) groups is 2. The van der Waals surface area contributed by atoms with Crippen molar-refractivity contribution in [3.63, 3.8) is 0 Å². The lowest BCUT2D eigenvalue weighted by molar-refractivity contribution is -0.128. The largest absolute Gasteiger partial charge is 0.355 e. The fourth-order valence-electron chi connectivity index (χ4n) is 1.22. The Bertz CT molecular complexity index is 393. The van der Waals surface area contributed by atoms with Gasteiger partial charge in [-0.05, 0) is 0 Å². The topological polar surface area (TPSA) is 86.9 Å². The third-order valence-corrected chi connectivity index (χ3v) is 2.33. The Hall–Kier alpha value is -1.85. The lowest BCUT2D eigenvalue weighted by Gasteiger charge is -2.17. The molecule has 0 saturated carbocycles. The number of rotatable bonds is 5. The second-order valence-electron chi connectivity index (χ2n) is 5.07. The van der Waals surface area contributed by atoms with Crippen LogP contribution in [0.5, 0.6) is 0 Å². The Kier molecular flexibility index (Phi) is 4.88. The van der Waals surface area contributed by atoms with Crippen molar-refractivity contribution in [2.24, 2.45) is 5.41 Å². The van der Waals surface area contributed by atoms with Crippen molar-refractivity contribution in [1.29, 1.82) is 0 Å². The highest BCUT2D eigenvalue weighted by Gasteiger charge is 2.20. The third-order valence-electron chi connectivity index (χ3n) is 2.33. The van der Waals surface area contributed by atoms with E-state index in [2.05, 4.69) is 20.6 Å². The summed E-state index contributed by atoms with van der Waals surface area (Å²) in [6, 6.07) is 0. The number of hydrogen-bond donors (Lipinski definition) is 3. The molecule has 0 fully saturated rings. The highest BCUT2D eigenvalue weighted by Crippen LogP contribution is 2.11. The van der Waals surface area contributed by atoms with Crippen LogP contribution in [0.25, 0.3) is 0 Å². The SMILES string of the molecule is CC(C)(C)C(=O)NCCC(=O)NCc1ncc[nH]1. The molecule has 6 nitrogen and oxygen atoms in total.